The first-order chi connectivity index (χ1) is 0. The standard InChI is InChI=1S/Fe.Ni.O.Zn/q+3;+2;-2;+2. The van der Waals surface area contributed by atoms with Gasteiger partial charge in [0.2, 0.25) is 0 Å². The number of hydrogen-bond acceptors (Lipinski definition) is 0. The molecule has 0 unspecified atom stereocenters. The van der Waals surface area contributed by atoms with Crippen molar-refractivity contribution in [3.05, 3.63) is 0 Å². The Labute approximate surface area is 58.4 Å². The molecular formula is FeNiOZn+5. The molecule has 0 N–H and O–H groups in total. The zero-order chi connectivity index (χ0) is 0. The molecule has 21 valence electrons. The summed E-state index contributed by atoms with van der Waals surface area (Å²) in [5, 5.41) is 0. The van der Waals surface area contributed by atoms with Crippen molar-refractivity contribution in [2.24, 2.45) is 0 Å². The third-order valence-electron chi connectivity index (χ3n) is 0. The summed E-state index contributed by atoms with van der Waals surface area (Å²) in [7, 11) is 0. The molecule has 4 heteroatoms. The topological polar surface area (TPSA) is 28.5 Å². The van der Waals surface area contributed by atoms with Gasteiger partial charge in [-0.2, -0.15) is 0 Å². The third kappa shape index (κ3) is 9.51. The monoisotopic (exact) mass is 194 g/mol. The second-order valence-corrected chi connectivity index (χ2v) is 0. The van der Waals surface area contributed by atoms with Crippen LogP contribution in [0.3, 0.4) is 0 Å². The van der Waals surface area contributed by atoms with Gasteiger partial charge in [0, 0.05) is 0 Å². The number of hydrogen-bond donors (Lipinski definition) is 0. The second-order valence-electron chi connectivity index (χ2n) is 0. The largest absolute Gasteiger partial charge is 3.00 e. The van der Waals surface area contributed by atoms with E-state index in [4.69, 9.17) is 0 Å². The molecule has 1 radical (unpaired) electrons. The second kappa shape index (κ2) is 23.3. The molecule has 0 spiro atoms. The Hall–Kier alpha value is 1.60. The Morgan fingerprint density at radius 3 is 1.00 bits per heavy atom. The van der Waals surface area contributed by atoms with Crippen molar-refractivity contribution < 1.29 is 58.5 Å². The maximum atomic E-state index is 0. The molecule has 0 amide bonds. The molecule has 0 bridgehead atoms. The van der Waals surface area contributed by atoms with Crippen molar-refractivity contribution in [3.8, 4) is 0 Å². The summed E-state index contributed by atoms with van der Waals surface area (Å²) in [6.07, 6.45) is 0. The molecule has 0 rings (SSSR count). The summed E-state index contributed by atoms with van der Waals surface area (Å²) in [5.41, 5.74) is 0. The zero-order valence-electron chi connectivity index (χ0n) is 1.79. The van der Waals surface area contributed by atoms with Gasteiger partial charge in [0.25, 0.3) is 0 Å². The Morgan fingerprint density at radius 2 is 1.00 bits per heavy atom. The molecule has 4 heavy (non-hydrogen) atoms. The maximum absolute atomic E-state index is 0. The van der Waals surface area contributed by atoms with Crippen LogP contribution in [0, 0.1) is 0 Å². The summed E-state index contributed by atoms with van der Waals surface area (Å²) in [4.78, 5) is 0. The summed E-state index contributed by atoms with van der Waals surface area (Å²) >= 11 is 0. The van der Waals surface area contributed by atoms with Gasteiger partial charge >= 0.3 is 53.0 Å². The van der Waals surface area contributed by atoms with Crippen molar-refractivity contribution in [1.29, 1.82) is 0 Å². The van der Waals surface area contributed by atoms with Crippen molar-refractivity contribution in [3.63, 3.8) is 0 Å². The molecule has 0 aliphatic rings. The van der Waals surface area contributed by atoms with Crippen LogP contribution in [-0.2, 0) is 58.5 Å². The van der Waals surface area contributed by atoms with E-state index in [1.807, 2.05) is 0 Å². The minimum atomic E-state index is 0. The van der Waals surface area contributed by atoms with E-state index in [0.29, 0.717) is 0 Å². The molecule has 0 heterocycles. The van der Waals surface area contributed by atoms with Gasteiger partial charge in [-0.3, -0.25) is 0 Å². The van der Waals surface area contributed by atoms with Crippen LogP contribution in [0.1, 0.15) is 0 Å². The van der Waals surface area contributed by atoms with Crippen LogP contribution in [-0.4, -0.2) is 0 Å². The van der Waals surface area contributed by atoms with E-state index in [9.17, 15) is 0 Å². The molecule has 0 aromatic carbocycles. The first-order valence-electron chi connectivity index (χ1n) is 0. The summed E-state index contributed by atoms with van der Waals surface area (Å²) < 4.78 is 0. The molecular weight excluding hydrogens is 196 g/mol. The first-order valence-corrected chi connectivity index (χ1v) is 0. The number of rotatable bonds is 0. The van der Waals surface area contributed by atoms with E-state index < -0.39 is 0 Å². The first kappa shape index (κ1) is 46.4. The van der Waals surface area contributed by atoms with Crippen molar-refractivity contribution in [2.45, 2.75) is 0 Å². The zero-order valence-corrected chi connectivity index (χ0v) is 6.84. The SMILES string of the molecule is [Fe+3].[Ni+2].[O-2].[Zn+2]. The van der Waals surface area contributed by atoms with Gasteiger partial charge in [-0.1, -0.05) is 0 Å². The Morgan fingerprint density at radius 1 is 1.00 bits per heavy atom. The van der Waals surface area contributed by atoms with Gasteiger partial charge in [0.15, 0.2) is 0 Å². The molecule has 0 fully saturated rings. The Balaban J connectivity index is 0. The fourth-order valence-electron chi connectivity index (χ4n) is 0. The molecule has 0 atom stereocenters. The predicted octanol–water partition coefficient (Wildman–Crippen LogP) is -0.126. The van der Waals surface area contributed by atoms with Crippen LogP contribution in [0.2, 0.25) is 0 Å². The van der Waals surface area contributed by atoms with Crippen molar-refractivity contribution in [1.82, 2.24) is 0 Å². The fourth-order valence-corrected chi connectivity index (χ4v) is 0. The van der Waals surface area contributed by atoms with E-state index >= 15 is 0 Å². The normalized spacial score (nSPS) is 0. The average molecular weight is 196 g/mol. The van der Waals surface area contributed by atoms with Crippen LogP contribution in [0.5, 0.6) is 0 Å². The quantitative estimate of drug-likeness (QED) is 0.483. The van der Waals surface area contributed by atoms with E-state index in [2.05, 4.69) is 0 Å². The van der Waals surface area contributed by atoms with Crippen LogP contribution in [0.4, 0.5) is 0 Å². The minimum absolute atomic E-state index is 0. The van der Waals surface area contributed by atoms with E-state index in [1.165, 1.54) is 0 Å². The van der Waals surface area contributed by atoms with Crippen molar-refractivity contribution in [2.75, 3.05) is 0 Å². The van der Waals surface area contributed by atoms with Gasteiger partial charge in [-0.15, -0.1) is 0 Å². The molecule has 0 saturated heterocycles. The van der Waals surface area contributed by atoms with E-state index in [1.54, 1.807) is 0 Å². The summed E-state index contributed by atoms with van der Waals surface area (Å²) in [5.74, 6) is 0. The summed E-state index contributed by atoms with van der Waals surface area (Å²) in [6, 6.07) is 0. The van der Waals surface area contributed by atoms with E-state index in [0.717, 1.165) is 0 Å². The van der Waals surface area contributed by atoms with Crippen LogP contribution in [0.15, 0.2) is 0 Å². The van der Waals surface area contributed by atoms with Crippen LogP contribution in [0.25, 0.3) is 0 Å². The average Bonchev–Trinajstić information content (AvgIpc) is 0. The predicted molar refractivity (Wildman–Crippen MR) is 0.686 cm³/mol. The molecule has 0 aromatic rings. The van der Waals surface area contributed by atoms with Crippen LogP contribution >= 0.6 is 0 Å². The van der Waals surface area contributed by atoms with Crippen LogP contribution < -0.4 is 0 Å². The van der Waals surface area contributed by atoms with Gasteiger partial charge in [-0.05, 0) is 0 Å². The molecule has 0 aliphatic heterocycles. The minimum Gasteiger partial charge on any atom is -2.00 e. The molecule has 0 aromatic heterocycles. The molecule has 0 aliphatic carbocycles. The molecule has 0 saturated carbocycles. The van der Waals surface area contributed by atoms with Gasteiger partial charge < -0.3 is 5.48 Å². The molecule has 1 nitrogen and oxygen atoms in total. The smallest absolute Gasteiger partial charge is 2.00 e. The Bertz CT molecular complexity index is 8.00. The van der Waals surface area contributed by atoms with Crippen molar-refractivity contribution >= 4 is 0 Å². The Kier molecular flexibility index (Phi) is 271. The van der Waals surface area contributed by atoms with Gasteiger partial charge in [0.05, 0.1) is 0 Å². The third-order valence-corrected chi connectivity index (χ3v) is 0. The maximum Gasteiger partial charge on any atom is 3.00 e. The van der Waals surface area contributed by atoms with Gasteiger partial charge in [-0.25, -0.2) is 0 Å². The fraction of sp³-hybridized carbons (Fsp3) is 0. The summed E-state index contributed by atoms with van der Waals surface area (Å²) in [6.45, 7) is 0. The van der Waals surface area contributed by atoms with E-state index in [-0.39, 0.29) is 58.5 Å². The van der Waals surface area contributed by atoms with Gasteiger partial charge in [0.1, 0.15) is 0 Å².